The number of guanidine groups is 1. The molecule has 0 bridgehead atoms. The number of halogens is 1. The number of rotatable bonds is 5. The Bertz CT molecular complexity index is 769. The van der Waals surface area contributed by atoms with Crippen molar-refractivity contribution in [3.8, 4) is 0 Å². The van der Waals surface area contributed by atoms with Crippen molar-refractivity contribution in [3.05, 3.63) is 59.3 Å². The predicted octanol–water partition coefficient (Wildman–Crippen LogP) is 3.90. The summed E-state index contributed by atoms with van der Waals surface area (Å²) in [7, 11) is 1.84. The second kappa shape index (κ2) is 11.2. The van der Waals surface area contributed by atoms with Crippen molar-refractivity contribution in [2.45, 2.75) is 45.7 Å². The van der Waals surface area contributed by atoms with E-state index in [1.807, 2.05) is 20.0 Å². The largest absolute Gasteiger partial charge is 0.356 e. The average molecular weight is 493 g/mol. The fourth-order valence-electron chi connectivity index (χ4n) is 3.60. The van der Waals surface area contributed by atoms with E-state index in [1.165, 1.54) is 11.1 Å². The molecule has 3 rings (SSSR count). The second-order valence-corrected chi connectivity index (χ2v) is 7.09. The van der Waals surface area contributed by atoms with Crippen molar-refractivity contribution in [1.82, 2.24) is 15.6 Å². The third kappa shape index (κ3) is 6.09. The Hall–Kier alpha value is -1.83. The van der Waals surface area contributed by atoms with E-state index in [-0.39, 0.29) is 24.0 Å². The Morgan fingerprint density at radius 2 is 1.82 bits per heavy atom. The number of benzene rings is 1. The molecular formula is C22H32IN5. The minimum absolute atomic E-state index is 0. The lowest BCUT2D eigenvalue weighted by molar-refractivity contribution is 0.459. The lowest BCUT2D eigenvalue weighted by Gasteiger charge is -2.34. The molecule has 1 aliphatic heterocycles. The SMILES string of the molecule is CCc1ccccc1CNC(=NC)NC1CCN(c2cccc(C)n2)CC1.I. The van der Waals surface area contributed by atoms with Crippen LogP contribution in [-0.4, -0.2) is 37.1 Å². The van der Waals surface area contributed by atoms with E-state index in [4.69, 9.17) is 0 Å². The van der Waals surface area contributed by atoms with Crippen LogP contribution in [0.3, 0.4) is 0 Å². The molecule has 1 saturated heterocycles. The maximum Gasteiger partial charge on any atom is 0.191 e. The summed E-state index contributed by atoms with van der Waals surface area (Å²) in [5, 5.41) is 7.06. The van der Waals surface area contributed by atoms with Crippen LogP contribution in [0.25, 0.3) is 0 Å². The number of aliphatic imine (C=N–C) groups is 1. The van der Waals surface area contributed by atoms with E-state index in [1.54, 1.807) is 0 Å². The van der Waals surface area contributed by atoms with Gasteiger partial charge in [0.15, 0.2) is 5.96 Å². The number of aromatic nitrogens is 1. The van der Waals surface area contributed by atoms with Crippen LogP contribution in [0.15, 0.2) is 47.5 Å². The highest BCUT2D eigenvalue weighted by Crippen LogP contribution is 2.18. The van der Waals surface area contributed by atoms with Crippen molar-refractivity contribution in [1.29, 1.82) is 0 Å². The molecule has 152 valence electrons. The molecule has 0 amide bonds. The van der Waals surface area contributed by atoms with E-state index >= 15 is 0 Å². The van der Waals surface area contributed by atoms with Crippen LogP contribution in [0.2, 0.25) is 0 Å². The third-order valence-corrected chi connectivity index (χ3v) is 5.20. The molecule has 0 saturated carbocycles. The third-order valence-electron chi connectivity index (χ3n) is 5.20. The van der Waals surface area contributed by atoms with E-state index in [9.17, 15) is 0 Å². The van der Waals surface area contributed by atoms with Gasteiger partial charge in [-0.25, -0.2) is 4.98 Å². The number of hydrogen-bond acceptors (Lipinski definition) is 3. The van der Waals surface area contributed by atoms with Gasteiger partial charge in [-0.15, -0.1) is 24.0 Å². The van der Waals surface area contributed by atoms with Crippen LogP contribution < -0.4 is 15.5 Å². The second-order valence-electron chi connectivity index (χ2n) is 7.09. The lowest BCUT2D eigenvalue weighted by Crippen LogP contribution is -2.48. The minimum Gasteiger partial charge on any atom is -0.356 e. The predicted molar refractivity (Wildman–Crippen MR) is 129 cm³/mol. The molecule has 1 fully saturated rings. The zero-order valence-electron chi connectivity index (χ0n) is 17.1. The molecule has 1 aliphatic rings. The molecule has 2 aromatic rings. The Morgan fingerprint density at radius 1 is 1.11 bits per heavy atom. The highest BCUT2D eigenvalue weighted by atomic mass is 127. The van der Waals surface area contributed by atoms with Gasteiger partial charge in [-0.3, -0.25) is 4.99 Å². The van der Waals surface area contributed by atoms with E-state index < -0.39 is 0 Å². The number of aryl methyl sites for hydroxylation is 2. The van der Waals surface area contributed by atoms with E-state index in [2.05, 4.69) is 68.8 Å². The topological polar surface area (TPSA) is 52.6 Å². The monoisotopic (exact) mass is 493 g/mol. The molecule has 0 aliphatic carbocycles. The fraction of sp³-hybridized carbons (Fsp3) is 0.455. The minimum atomic E-state index is 0. The first-order valence-corrected chi connectivity index (χ1v) is 9.92. The molecule has 2 heterocycles. The highest BCUT2D eigenvalue weighted by Gasteiger charge is 2.21. The maximum absolute atomic E-state index is 4.65. The summed E-state index contributed by atoms with van der Waals surface area (Å²) in [5.74, 6) is 1.97. The van der Waals surface area contributed by atoms with Gasteiger partial charge in [0.2, 0.25) is 0 Å². The first-order chi connectivity index (χ1) is 13.2. The summed E-state index contributed by atoms with van der Waals surface area (Å²) in [6, 6.07) is 15.3. The van der Waals surface area contributed by atoms with Gasteiger partial charge in [0.05, 0.1) is 0 Å². The molecule has 0 atom stereocenters. The molecule has 28 heavy (non-hydrogen) atoms. The number of nitrogens with one attached hydrogen (secondary N) is 2. The van der Waals surface area contributed by atoms with Crippen LogP contribution in [0.5, 0.6) is 0 Å². The zero-order chi connectivity index (χ0) is 19.1. The van der Waals surface area contributed by atoms with Crippen LogP contribution >= 0.6 is 24.0 Å². The Kier molecular flexibility index (Phi) is 9.02. The summed E-state index contributed by atoms with van der Waals surface area (Å²) in [6.45, 7) is 7.08. The van der Waals surface area contributed by atoms with E-state index in [0.717, 1.165) is 56.4 Å². The molecule has 1 aromatic heterocycles. The highest BCUT2D eigenvalue weighted by molar-refractivity contribution is 14.0. The summed E-state index contributed by atoms with van der Waals surface area (Å²) in [6.07, 6.45) is 3.22. The normalized spacial score (nSPS) is 15.1. The molecule has 0 radical (unpaired) electrons. The number of pyridine rings is 1. The summed E-state index contributed by atoms with van der Waals surface area (Å²) in [5.41, 5.74) is 3.80. The van der Waals surface area contributed by atoms with Gasteiger partial charge in [0, 0.05) is 38.4 Å². The Morgan fingerprint density at radius 3 is 2.46 bits per heavy atom. The van der Waals surface area contributed by atoms with Crippen molar-refractivity contribution in [3.63, 3.8) is 0 Å². The lowest BCUT2D eigenvalue weighted by atomic mass is 10.0. The smallest absolute Gasteiger partial charge is 0.191 e. The van der Waals surface area contributed by atoms with Gasteiger partial charge in [0.1, 0.15) is 5.82 Å². The molecule has 2 N–H and O–H groups in total. The Labute approximate surface area is 186 Å². The molecule has 6 heteroatoms. The number of piperidine rings is 1. The summed E-state index contributed by atoms with van der Waals surface area (Å²) >= 11 is 0. The van der Waals surface area contributed by atoms with Crippen molar-refractivity contribution >= 4 is 35.8 Å². The molecule has 0 unspecified atom stereocenters. The van der Waals surface area contributed by atoms with E-state index in [0.29, 0.717) is 6.04 Å². The molecule has 0 spiro atoms. The van der Waals surface area contributed by atoms with Crippen LogP contribution in [0, 0.1) is 6.92 Å². The molecular weight excluding hydrogens is 461 g/mol. The summed E-state index contributed by atoms with van der Waals surface area (Å²) in [4.78, 5) is 11.4. The average Bonchev–Trinajstić information content (AvgIpc) is 2.71. The standard InChI is InChI=1S/C22H31N5.HI/c1-4-18-9-5-6-10-19(18)16-24-22(23-3)26-20-12-14-27(15-13-20)21-11-7-8-17(2)25-21;/h5-11,20H,4,12-16H2,1-3H3,(H2,23,24,26);1H. The van der Waals surface area contributed by atoms with Crippen LogP contribution in [-0.2, 0) is 13.0 Å². The van der Waals surface area contributed by atoms with Gasteiger partial charge in [-0.05, 0) is 49.4 Å². The fourth-order valence-corrected chi connectivity index (χ4v) is 3.60. The maximum atomic E-state index is 4.65. The van der Waals surface area contributed by atoms with Crippen molar-refractivity contribution < 1.29 is 0 Å². The number of nitrogens with zero attached hydrogens (tertiary/aromatic N) is 3. The Balaban J connectivity index is 0.00000280. The molecule has 1 aromatic carbocycles. The quantitative estimate of drug-likeness (QED) is 0.377. The van der Waals surface area contributed by atoms with Gasteiger partial charge in [-0.1, -0.05) is 37.3 Å². The van der Waals surface area contributed by atoms with Crippen LogP contribution in [0.4, 0.5) is 5.82 Å². The molecule has 5 nitrogen and oxygen atoms in total. The van der Waals surface area contributed by atoms with Crippen molar-refractivity contribution in [2.75, 3.05) is 25.0 Å². The van der Waals surface area contributed by atoms with Gasteiger partial charge in [-0.2, -0.15) is 0 Å². The van der Waals surface area contributed by atoms with Gasteiger partial charge in [0.25, 0.3) is 0 Å². The number of hydrogen-bond donors (Lipinski definition) is 2. The van der Waals surface area contributed by atoms with Crippen LogP contribution in [0.1, 0.15) is 36.6 Å². The first-order valence-electron chi connectivity index (χ1n) is 9.92. The first kappa shape index (κ1) is 22.5. The number of anilines is 1. The zero-order valence-corrected chi connectivity index (χ0v) is 19.4. The van der Waals surface area contributed by atoms with Crippen molar-refractivity contribution in [2.24, 2.45) is 4.99 Å². The van der Waals surface area contributed by atoms with Gasteiger partial charge < -0.3 is 15.5 Å². The van der Waals surface area contributed by atoms with Gasteiger partial charge >= 0.3 is 0 Å². The summed E-state index contributed by atoms with van der Waals surface area (Å²) < 4.78 is 0.